The van der Waals surface area contributed by atoms with Crippen LogP contribution in [0.1, 0.15) is 52.6 Å². The number of rotatable bonds is 6. The molecule has 1 N–H and O–H groups in total. The maximum Gasteiger partial charge on any atom is 0.304 e. The van der Waals surface area contributed by atoms with E-state index in [4.69, 9.17) is 0 Å². The van der Waals surface area contributed by atoms with Gasteiger partial charge < -0.3 is 5.11 Å². The third-order valence-electron chi connectivity index (χ3n) is 7.63. The molecule has 1 aromatic heterocycles. The number of aliphatic carboxylic acids is 1. The second-order valence-electron chi connectivity index (χ2n) is 10.4. The largest absolute Gasteiger partial charge is 0.481 e. The first-order chi connectivity index (χ1) is 18.1. The van der Waals surface area contributed by atoms with Crippen LogP contribution in [0.5, 0.6) is 0 Å². The summed E-state index contributed by atoms with van der Waals surface area (Å²) in [5, 5.41) is 18.2. The lowest BCUT2D eigenvalue weighted by Crippen LogP contribution is -2.33. The van der Waals surface area contributed by atoms with E-state index < -0.39 is 21.9 Å². The Morgan fingerprint density at radius 3 is 2.66 bits per heavy atom. The molecule has 198 valence electrons. The Bertz CT molecular complexity index is 1640. The van der Waals surface area contributed by atoms with Gasteiger partial charge >= 0.3 is 5.97 Å². The third-order valence-corrected chi connectivity index (χ3v) is 9.54. The molecule has 4 aromatic rings. The Hall–Kier alpha value is -3.56. The molecule has 9 heteroatoms. The summed E-state index contributed by atoms with van der Waals surface area (Å²) in [7, 11) is -1.85. The van der Waals surface area contributed by atoms with Crippen LogP contribution in [-0.4, -0.2) is 45.3 Å². The number of hydrogen-bond donors (Lipinski definition) is 1. The van der Waals surface area contributed by atoms with Crippen molar-refractivity contribution in [2.45, 2.75) is 51.0 Å². The second-order valence-corrected chi connectivity index (χ2v) is 12.3. The fraction of sp³-hybridized carbons (Fsp3) is 0.345. The number of aromatic nitrogens is 3. The van der Waals surface area contributed by atoms with E-state index in [1.165, 1.54) is 0 Å². The minimum absolute atomic E-state index is 0.0957. The molecule has 1 aliphatic heterocycles. The zero-order valence-electron chi connectivity index (χ0n) is 22.0. The zero-order chi connectivity index (χ0) is 27.2. The van der Waals surface area contributed by atoms with Crippen LogP contribution in [0.25, 0.3) is 11.0 Å². The van der Waals surface area contributed by atoms with Gasteiger partial charge in [-0.25, -0.2) is 13.1 Å². The third kappa shape index (κ3) is 4.72. The van der Waals surface area contributed by atoms with Crippen molar-refractivity contribution in [2.75, 3.05) is 6.54 Å². The lowest BCUT2D eigenvalue weighted by molar-refractivity contribution is -0.137. The van der Waals surface area contributed by atoms with E-state index in [1.54, 1.807) is 21.1 Å². The fourth-order valence-corrected chi connectivity index (χ4v) is 7.35. The van der Waals surface area contributed by atoms with Gasteiger partial charge in [-0.2, -0.15) is 4.31 Å². The summed E-state index contributed by atoms with van der Waals surface area (Å²) >= 11 is 0. The Kier molecular flexibility index (Phi) is 6.83. The fourth-order valence-electron chi connectivity index (χ4n) is 5.58. The van der Waals surface area contributed by atoms with Crippen LogP contribution in [0.2, 0.25) is 0 Å². The van der Waals surface area contributed by atoms with Gasteiger partial charge in [-0.3, -0.25) is 4.79 Å². The standard InChI is InChI=1S/C29H32N4O4S/c1-18-13-22-7-5-6-8-27(22)38(36,37)33(16-18)17-23-14-21(10-9-19(23)2)25(15-28(34)35)24-11-12-26-29(20(24)3)30-31-32(26)4/h5-12,14,18,25H,13,15-17H2,1-4H3,(H,34,35)/t18-,25?/m1/s1. The molecule has 0 amide bonds. The van der Waals surface area contributed by atoms with Crippen molar-refractivity contribution in [3.05, 3.63) is 88.0 Å². The van der Waals surface area contributed by atoms with Crippen molar-refractivity contribution < 1.29 is 18.3 Å². The van der Waals surface area contributed by atoms with Gasteiger partial charge in [-0.15, -0.1) is 5.10 Å². The van der Waals surface area contributed by atoms with Gasteiger partial charge in [-0.05, 0) is 71.7 Å². The van der Waals surface area contributed by atoms with E-state index in [2.05, 4.69) is 17.2 Å². The smallest absolute Gasteiger partial charge is 0.304 e. The monoisotopic (exact) mass is 532 g/mol. The van der Waals surface area contributed by atoms with E-state index in [-0.39, 0.29) is 18.9 Å². The summed E-state index contributed by atoms with van der Waals surface area (Å²) in [4.78, 5) is 12.3. The van der Waals surface area contributed by atoms with E-state index in [1.807, 2.05) is 63.4 Å². The SMILES string of the molecule is Cc1ccc(C(CC(=O)O)c2ccc3c(nnn3C)c2C)cc1CN1C[C@H](C)Cc2ccccc2S1(=O)=O. The highest BCUT2D eigenvalue weighted by Gasteiger charge is 2.32. The molecule has 8 nitrogen and oxygen atoms in total. The first-order valence-corrected chi connectivity index (χ1v) is 14.2. The van der Waals surface area contributed by atoms with Crippen molar-refractivity contribution >= 4 is 27.0 Å². The topological polar surface area (TPSA) is 105 Å². The molecule has 2 atom stereocenters. The van der Waals surface area contributed by atoms with Crippen LogP contribution in [0.15, 0.2) is 59.5 Å². The van der Waals surface area contributed by atoms with Crippen LogP contribution in [0.4, 0.5) is 0 Å². The van der Waals surface area contributed by atoms with Crippen LogP contribution in [-0.2, 0) is 34.8 Å². The zero-order valence-corrected chi connectivity index (χ0v) is 22.9. The number of benzene rings is 3. The summed E-state index contributed by atoms with van der Waals surface area (Å²) in [5.74, 6) is -1.16. The Morgan fingerprint density at radius 2 is 1.89 bits per heavy atom. The summed E-state index contributed by atoms with van der Waals surface area (Å²) in [6.45, 7) is 6.62. The minimum atomic E-state index is -3.68. The number of carboxylic acids is 1. The maximum atomic E-state index is 13.7. The number of hydrogen-bond acceptors (Lipinski definition) is 5. The number of sulfonamides is 1. The van der Waals surface area contributed by atoms with Crippen LogP contribution >= 0.6 is 0 Å². The molecule has 3 aromatic carbocycles. The first-order valence-electron chi connectivity index (χ1n) is 12.7. The number of nitrogens with zero attached hydrogens (tertiary/aromatic N) is 4. The summed E-state index contributed by atoms with van der Waals surface area (Å²) in [5.41, 5.74) is 6.91. The molecule has 0 spiro atoms. The molecular weight excluding hydrogens is 500 g/mol. The minimum Gasteiger partial charge on any atom is -0.481 e. The van der Waals surface area contributed by atoms with Crippen molar-refractivity contribution in [2.24, 2.45) is 13.0 Å². The summed E-state index contributed by atoms with van der Waals surface area (Å²) in [6.07, 6.45) is 0.608. The van der Waals surface area contributed by atoms with Crippen LogP contribution < -0.4 is 0 Å². The average molecular weight is 533 g/mol. The number of carbonyl (C=O) groups is 1. The predicted octanol–water partition coefficient (Wildman–Crippen LogP) is 4.57. The maximum absolute atomic E-state index is 13.7. The van der Waals surface area contributed by atoms with Gasteiger partial charge in [0.1, 0.15) is 5.52 Å². The molecule has 1 aliphatic rings. The summed E-state index contributed by atoms with van der Waals surface area (Å²) < 4.78 is 30.6. The van der Waals surface area contributed by atoms with Gasteiger partial charge in [0.2, 0.25) is 10.0 Å². The van der Waals surface area contributed by atoms with E-state index >= 15 is 0 Å². The van der Waals surface area contributed by atoms with Gasteiger partial charge in [-0.1, -0.05) is 54.6 Å². The van der Waals surface area contributed by atoms with Gasteiger partial charge in [0.05, 0.1) is 16.8 Å². The van der Waals surface area contributed by atoms with E-state index in [0.29, 0.717) is 17.9 Å². The van der Waals surface area contributed by atoms with Crippen molar-refractivity contribution in [1.82, 2.24) is 19.3 Å². The van der Waals surface area contributed by atoms with E-state index in [0.717, 1.165) is 44.4 Å². The molecule has 0 bridgehead atoms. The van der Waals surface area contributed by atoms with Gasteiger partial charge in [0, 0.05) is 26.1 Å². The lowest BCUT2D eigenvalue weighted by Gasteiger charge is -2.25. The molecule has 0 saturated carbocycles. The first kappa shape index (κ1) is 26.1. The highest BCUT2D eigenvalue weighted by atomic mass is 32.2. The normalized spacial score (nSPS) is 18.2. The van der Waals surface area contributed by atoms with Crippen molar-refractivity contribution in [3.63, 3.8) is 0 Å². The van der Waals surface area contributed by atoms with Crippen LogP contribution in [0, 0.1) is 19.8 Å². The highest BCUT2D eigenvalue weighted by molar-refractivity contribution is 7.89. The van der Waals surface area contributed by atoms with Crippen molar-refractivity contribution in [3.8, 4) is 0 Å². The second kappa shape index (κ2) is 9.96. The molecule has 0 fully saturated rings. The quantitative estimate of drug-likeness (QED) is 0.390. The van der Waals surface area contributed by atoms with Gasteiger partial charge in [0.25, 0.3) is 0 Å². The average Bonchev–Trinajstić information content (AvgIpc) is 3.21. The molecule has 1 unspecified atom stereocenters. The molecule has 5 rings (SSSR count). The van der Waals surface area contributed by atoms with Crippen LogP contribution in [0.3, 0.4) is 0 Å². The Labute approximate surface area is 223 Å². The van der Waals surface area contributed by atoms with Crippen molar-refractivity contribution in [1.29, 1.82) is 0 Å². The number of aryl methyl sites for hydroxylation is 3. The predicted molar refractivity (Wildman–Crippen MR) is 145 cm³/mol. The summed E-state index contributed by atoms with van der Waals surface area (Å²) in [6, 6.07) is 17.0. The molecule has 0 aliphatic carbocycles. The lowest BCUT2D eigenvalue weighted by atomic mass is 9.84. The Balaban J connectivity index is 1.56. The molecular formula is C29H32N4O4S. The number of fused-ring (bicyclic) bond motifs is 2. The number of carboxylic acid groups (broad SMARTS) is 1. The molecule has 38 heavy (non-hydrogen) atoms. The highest BCUT2D eigenvalue weighted by Crippen LogP contribution is 2.35. The van der Waals surface area contributed by atoms with E-state index in [9.17, 15) is 18.3 Å². The van der Waals surface area contributed by atoms with Gasteiger partial charge in [0.15, 0.2) is 0 Å². The molecule has 0 radical (unpaired) electrons. The molecule has 0 saturated heterocycles. The Morgan fingerprint density at radius 1 is 1.13 bits per heavy atom. The molecule has 2 heterocycles.